The minimum atomic E-state index is -2.86. The molecule has 0 aliphatic rings. The highest BCUT2D eigenvalue weighted by molar-refractivity contribution is 6.17. The molecule has 4 nitrogen and oxygen atoms in total. The van der Waals surface area contributed by atoms with Gasteiger partial charge in [-0.2, -0.15) is 5.26 Å². The molecule has 0 saturated carbocycles. The van der Waals surface area contributed by atoms with Crippen molar-refractivity contribution in [1.29, 1.82) is 5.26 Å². The fourth-order valence-electron chi connectivity index (χ4n) is 1.60. The summed E-state index contributed by atoms with van der Waals surface area (Å²) < 4.78 is 30.8. The highest BCUT2D eigenvalue weighted by Gasteiger charge is 2.23. The summed E-state index contributed by atoms with van der Waals surface area (Å²) in [5.41, 5.74) is -0.573. The van der Waals surface area contributed by atoms with E-state index in [0.29, 0.717) is 0 Å². The third-order valence-corrected chi connectivity index (χ3v) is 2.67. The summed E-state index contributed by atoms with van der Waals surface area (Å²) in [6.07, 6.45) is -2.10. The number of halogens is 3. The number of hydrogen-bond acceptors (Lipinski definition) is 4. The first-order chi connectivity index (χ1) is 9.04. The second-order valence-corrected chi connectivity index (χ2v) is 3.81. The largest absolute Gasteiger partial charge is 0.466 e. The number of carbonyl (C=O) groups is 1. The number of ether oxygens (including phenoxy) is 1. The Labute approximate surface area is 114 Å². The minimum absolute atomic E-state index is 0.00784. The molecule has 1 aromatic rings. The molecular formula is C12H11ClF2N2O2. The summed E-state index contributed by atoms with van der Waals surface area (Å²) >= 11 is 5.60. The highest BCUT2D eigenvalue weighted by atomic mass is 35.5. The Morgan fingerprint density at radius 1 is 1.63 bits per heavy atom. The maximum Gasteiger partial charge on any atom is 0.311 e. The van der Waals surface area contributed by atoms with E-state index in [-0.39, 0.29) is 35.7 Å². The SMILES string of the molecule is CCOC(=O)Cc1ncc(C#N)c(CCl)c1C(F)F. The molecule has 0 spiro atoms. The molecule has 0 fully saturated rings. The van der Waals surface area contributed by atoms with Crippen LogP contribution in [0.2, 0.25) is 0 Å². The molecule has 0 N–H and O–H groups in total. The van der Waals surface area contributed by atoms with E-state index in [1.54, 1.807) is 13.0 Å². The van der Waals surface area contributed by atoms with Crippen molar-refractivity contribution in [1.82, 2.24) is 4.98 Å². The number of rotatable bonds is 5. The summed E-state index contributed by atoms with van der Waals surface area (Å²) in [4.78, 5) is 15.1. The van der Waals surface area contributed by atoms with E-state index in [9.17, 15) is 13.6 Å². The number of pyridine rings is 1. The molecule has 0 bridgehead atoms. The number of esters is 1. The van der Waals surface area contributed by atoms with Crippen molar-refractivity contribution in [3.8, 4) is 6.07 Å². The number of hydrogen-bond donors (Lipinski definition) is 0. The molecule has 0 aliphatic heterocycles. The number of nitrogens with zero attached hydrogens (tertiary/aromatic N) is 2. The first-order valence-electron chi connectivity index (χ1n) is 5.45. The predicted octanol–water partition coefficient (Wildman–Crippen LogP) is 2.74. The molecule has 0 aliphatic carbocycles. The number of aromatic nitrogens is 1. The molecule has 1 heterocycles. The average molecular weight is 289 g/mol. The Balaban J connectivity index is 3.25. The lowest BCUT2D eigenvalue weighted by Crippen LogP contribution is -2.13. The van der Waals surface area contributed by atoms with Gasteiger partial charge in [-0.1, -0.05) is 0 Å². The van der Waals surface area contributed by atoms with Crippen LogP contribution in [0.5, 0.6) is 0 Å². The summed E-state index contributed by atoms with van der Waals surface area (Å²) in [5.74, 6) is -0.900. The van der Waals surface area contributed by atoms with Crippen LogP contribution in [0, 0.1) is 11.3 Å². The van der Waals surface area contributed by atoms with Crippen molar-refractivity contribution in [2.75, 3.05) is 6.61 Å². The summed E-state index contributed by atoms with van der Waals surface area (Å²) in [6, 6.07) is 1.75. The molecule has 19 heavy (non-hydrogen) atoms. The van der Waals surface area contributed by atoms with E-state index in [2.05, 4.69) is 9.72 Å². The van der Waals surface area contributed by atoms with Gasteiger partial charge in [0.25, 0.3) is 6.43 Å². The molecule has 7 heteroatoms. The van der Waals surface area contributed by atoms with Gasteiger partial charge in [0.1, 0.15) is 6.07 Å². The maximum absolute atomic E-state index is 13.1. The van der Waals surface area contributed by atoms with Crippen LogP contribution in [-0.2, 0) is 21.8 Å². The van der Waals surface area contributed by atoms with Crippen LogP contribution in [0.1, 0.15) is 35.7 Å². The van der Waals surface area contributed by atoms with Crippen molar-refractivity contribution in [3.05, 3.63) is 28.6 Å². The van der Waals surface area contributed by atoms with Gasteiger partial charge in [-0.05, 0) is 12.5 Å². The minimum Gasteiger partial charge on any atom is -0.466 e. The standard InChI is InChI=1S/C12H11ClF2N2O2/c1-2-19-10(18)3-9-11(12(14)15)8(4-13)7(5-16)6-17-9/h6,12H,2-4H2,1H3. The summed E-state index contributed by atoms with van der Waals surface area (Å²) in [7, 11) is 0. The van der Waals surface area contributed by atoms with Crippen LogP contribution in [0.3, 0.4) is 0 Å². The zero-order valence-electron chi connectivity index (χ0n) is 10.1. The van der Waals surface area contributed by atoms with Gasteiger partial charge in [-0.3, -0.25) is 9.78 Å². The van der Waals surface area contributed by atoms with Crippen LogP contribution in [-0.4, -0.2) is 17.6 Å². The van der Waals surface area contributed by atoms with Crippen molar-refractivity contribution < 1.29 is 18.3 Å². The molecule has 0 amide bonds. The van der Waals surface area contributed by atoms with Gasteiger partial charge < -0.3 is 4.74 Å². The highest BCUT2D eigenvalue weighted by Crippen LogP contribution is 2.29. The smallest absolute Gasteiger partial charge is 0.311 e. The zero-order valence-corrected chi connectivity index (χ0v) is 10.9. The lowest BCUT2D eigenvalue weighted by atomic mass is 10.0. The zero-order chi connectivity index (χ0) is 14.4. The molecule has 0 radical (unpaired) electrons. The van der Waals surface area contributed by atoms with E-state index in [4.69, 9.17) is 16.9 Å². The monoisotopic (exact) mass is 288 g/mol. The average Bonchev–Trinajstić information content (AvgIpc) is 2.37. The molecule has 1 rings (SSSR count). The van der Waals surface area contributed by atoms with E-state index >= 15 is 0 Å². The molecule has 0 unspecified atom stereocenters. The van der Waals surface area contributed by atoms with Crippen LogP contribution in [0.4, 0.5) is 8.78 Å². The maximum atomic E-state index is 13.1. The molecule has 0 aromatic carbocycles. The first-order valence-corrected chi connectivity index (χ1v) is 5.99. The van der Waals surface area contributed by atoms with Gasteiger partial charge in [0.15, 0.2) is 0 Å². The van der Waals surface area contributed by atoms with Crippen LogP contribution >= 0.6 is 11.6 Å². The second-order valence-electron chi connectivity index (χ2n) is 3.54. The van der Waals surface area contributed by atoms with Crippen LogP contribution in [0.25, 0.3) is 0 Å². The van der Waals surface area contributed by atoms with Crippen LogP contribution < -0.4 is 0 Å². The van der Waals surface area contributed by atoms with Crippen molar-refractivity contribution in [2.24, 2.45) is 0 Å². The topological polar surface area (TPSA) is 63.0 Å². The number of nitriles is 1. The van der Waals surface area contributed by atoms with Crippen molar-refractivity contribution in [3.63, 3.8) is 0 Å². The van der Waals surface area contributed by atoms with Crippen molar-refractivity contribution in [2.45, 2.75) is 25.7 Å². The lowest BCUT2D eigenvalue weighted by molar-refractivity contribution is -0.142. The summed E-state index contributed by atoms with van der Waals surface area (Å²) in [6.45, 7) is 1.77. The van der Waals surface area contributed by atoms with E-state index in [0.717, 1.165) is 6.20 Å². The predicted molar refractivity (Wildman–Crippen MR) is 63.8 cm³/mol. The molecule has 1 aromatic heterocycles. The normalized spacial score (nSPS) is 10.3. The first kappa shape index (κ1) is 15.3. The van der Waals surface area contributed by atoms with Gasteiger partial charge in [0.2, 0.25) is 0 Å². The Morgan fingerprint density at radius 2 is 2.32 bits per heavy atom. The fraction of sp³-hybridized carbons (Fsp3) is 0.417. The Kier molecular flexibility index (Phi) is 5.64. The lowest BCUT2D eigenvalue weighted by Gasteiger charge is -2.12. The Morgan fingerprint density at radius 3 is 2.79 bits per heavy atom. The van der Waals surface area contributed by atoms with E-state index < -0.39 is 18.0 Å². The Bertz CT molecular complexity index is 515. The second kappa shape index (κ2) is 7.00. The number of carbonyl (C=O) groups excluding carboxylic acids is 1. The fourth-order valence-corrected chi connectivity index (χ4v) is 1.88. The Hall–Kier alpha value is -1.74. The van der Waals surface area contributed by atoms with Gasteiger partial charge in [0, 0.05) is 17.6 Å². The van der Waals surface area contributed by atoms with Gasteiger partial charge in [-0.15, -0.1) is 11.6 Å². The van der Waals surface area contributed by atoms with Crippen molar-refractivity contribution >= 4 is 17.6 Å². The van der Waals surface area contributed by atoms with Gasteiger partial charge >= 0.3 is 5.97 Å². The van der Waals surface area contributed by atoms with Crippen LogP contribution in [0.15, 0.2) is 6.20 Å². The van der Waals surface area contributed by atoms with E-state index in [1.165, 1.54) is 0 Å². The van der Waals surface area contributed by atoms with E-state index in [1.807, 2.05) is 0 Å². The molecule has 0 saturated heterocycles. The quantitative estimate of drug-likeness (QED) is 0.617. The van der Waals surface area contributed by atoms with Gasteiger partial charge in [-0.25, -0.2) is 8.78 Å². The number of alkyl halides is 3. The molecule has 102 valence electrons. The summed E-state index contributed by atoms with van der Waals surface area (Å²) in [5, 5.41) is 8.83. The molecule has 0 atom stereocenters. The molecular weight excluding hydrogens is 278 g/mol. The third kappa shape index (κ3) is 3.61. The third-order valence-electron chi connectivity index (χ3n) is 2.40. The van der Waals surface area contributed by atoms with Gasteiger partial charge in [0.05, 0.1) is 24.3 Å².